The number of benzene rings is 1. The maximum atomic E-state index is 9.13. The van der Waals surface area contributed by atoms with Crippen molar-refractivity contribution in [1.82, 2.24) is 0 Å². The van der Waals surface area contributed by atoms with Crippen LogP contribution in [0.3, 0.4) is 0 Å². The minimum Gasteiger partial charge on any atom is -0.393 e. The lowest BCUT2D eigenvalue weighted by Gasteiger charge is -2.05. The molecule has 0 aliphatic heterocycles. The van der Waals surface area contributed by atoms with Crippen molar-refractivity contribution < 1.29 is 5.11 Å². The van der Waals surface area contributed by atoms with Crippen molar-refractivity contribution in [3.8, 4) is 0 Å². The molecule has 0 radical (unpaired) electrons. The number of rotatable bonds is 2. The molecule has 11 heavy (non-hydrogen) atoms. The second-order valence-corrected chi connectivity index (χ2v) is 3.81. The van der Waals surface area contributed by atoms with Crippen molar-refractivity contribution in [2.45, 2.75) is 19.4 Å². The Balaban J connectivity index is 2.78. The van der Waals surface area contributed by atoms with E-state index in [0.717, 1.165) is 6.42 Å². The molecule has 0 amide bonds. The van der Waals surface area contributed by atoms with Crippen LogP contribution in [0.25, 0.3) is 0 Å². The zero-order valence-corrected chi connectivity index (χ0v) is 8.58. The second kappa shape index (κ2) is 4.07. The molecule has 0 aliphatic carbocycles. The Kier molecular flexibility index (Phi) is 3.33. The molecule has 1 aromatic rings. The molecule has 1 aromatic carbocycles. The van der Waals surface area contributed by atoms with Crippen LogP contribution in [0.4, 0.5) is 0 Å². The Hall–Kier alpha value is -0.0900. The first-order valence-electron chi connectivity index (χ1n) is 3.61. The van der Waals surface area contributed by atoms with Crippen LogP contribution in [0.2, 0.25) is 0 Å². The SMILES string of the molecule is C[C@H](O)Cc1ccccc1I. The van der Waals surface area contributed by atoms with Crippen LogP contribution < -0.4 is 0 Å². The molecule has 1 atom stereocenters. The van der Waals surface area contributed by atoms with Crippen molar-refractivity contribution in [3.05, 3.63) is 33.4 Å². The predicted molar refractivity (Wildman–Crippen MR) is 54.5 cm³/mol. The molecule has 60 valence electrons. The van der Waals surface area contributed by atoms with E-state index in [1.807, 2.05) is 19.1 Å². The second-order valence-electron chi connectivity index (χ2n) is 2.64. The fourth-order valence-corrected chi connectivity index (χ4v) is 1.59. The Labute approximate surface area is 80.6 Å². The van der Waals surface area contributed by atoms with Crippen molar-refractivity contribution in [2.75, 3.05) is 0 Å². The third kappa shape index (κ3) is 2.79. The van der Waals surface area contributed by atoms with E-state index in [4.69, 9.17) is 5.11 Å². The van der Waals surface area contributed by atoms with E-state index in [-0.39, 0.29) is 6.10 Å². The Morgan fingerprint density at radius 2 is 2.09 bits per heavy atom. The summed E-state index contributed by atoms with van der Waals surface area (Å²) in [4.78, 5) is 0. The van der Waals surface area contributed by atoms with Crippen molar-refractivity contribution in [1.29, 1.82) is 0 Å². The number of halogens is 1. The quantitative estimate of drug-likeness (QED) is 0.810. The van der Waals surface area contributed by atoms with Gasteiger partial charge in [0, 0.05) is 3.57 Å². The number of hydrogen-bond donors (Lipinski definition) is 1. The van der Waals surface area contributed by atoms with E-state index in [1.165, 1.54) is 9.13 Å². The molecule has 0 fully saturated rings. The summed E-state index contributed by atoms with van der Waals surface area (Å²) in [6.07, 6.45) is 0.505. The van der Waals surface area contributed by atoms with E-state index in [2.05, 4.69) is 34.7 Å². The Bertz CT molecular complexity index is 233. The van der Waals surface area contributed by atoms with Crippen molar-refractivity contribution in [3.63, 3.8) is 0 Å². The highest BCUT2D eigenvalue weighted by Crippen LogP contribution is 2.12. The molecule has 0 saturated heterocycles. The van der Waals surface area contributed by atoms with Crippen LogP contribution in [0, 0.1) is 3.57 Å². The lowest BCUT2D eigenvalue weighted by molar-refractivity contribution is 0.195. The van der Waals surface area contributed by atoms with Crippen LogP contribution in [0.5, 0.6) is 0 Å². The highest BCUT2D eigenvalue weighted by atomic mass is 127. The first kappa shape index (κ1) is 9.00. The van der Waals surface area contributed by atoms with E-state index in [1.54, 1.807) is 0 Å². The monoisotopic (exact) mass is 262 g/mol. The zero-order chi connectivity index (χ0) is 8.27. The lowest BCUT2D eigenvalue weighted by atomic mass is 10.1. The normalized spacial score (nSPS) is 13.0. The van der Waals surface area contributed by atoms with Crippen LogP contribution in [0.1, 0.15) is 12.5 Å². The van der Waals surface area contributed by atoms with Crippen LogP contribution in [-0.2, 0) is 6.42 Å². The van der Waals surface area contributed by atoms with Crippen molar-refractivity contribution >= 4 is 22.6 Å². The fraction of sp³-hybridized carbons (Fsp3) is 0.333. The summed E-state index contributed by atoms with van der Waals surface area (Å²) >= 11 is 2.28. The van der Waals surface area contributed by atoms with Crippen molar-refractivity contribution in [2.24, 2.45) is 0 Å². The Morgan fingerprint density at radius 1 is 1.45 bits per heavy atom. The summed E-state index contributed by atoms with van der Waals surface area (Å²) in [6.45, 7) is 1.81. The highest BCUT2D eigenvalue weighted by molar-refractivity contribution is 14.1. The molecule has 0 bridgehead atoms. The van der Waals surface area contributed by atoms with Gasteiger partial charge in [-0.15, -0.1) is 0 Å². The smallest absolute Gasteiger partial charge is 0.0552 e. The van der Waals surface area contributed by atoms with Gasteiger partial charge in [0.1, 0.15) is 0 Å². The van der Waals surface area contributed by atoms with Gasteiger partial charge in [0.2, 0.25) is 0 Å². The maximum Gasteiger partial charge on any atom is 0.0552 e. The van der Waals surface area contributed by atoms with Crippen LogP contribution in [0.15, 0.2) is 24.3 Å². The summed E-state index contributed by atoms with van der Waals surface area (Å²) in [6, 6.07) is 8.11. The van der Waals surface area contributed by atoms with Gasteiger partial charge in [0.25, 0.3) is 0 Å². The number of aliphatic hydroxyl groups excluding tert-OH is 1. The molecular weight excluding hydrogens is 251 g/mol. The summed E-state index contributed by atoms with van der Waals surface area (Å²) in [7, 11) is 0. The van der Waals surface area contributed by atoms with E-state index in [9.17, 15) is 0 Å². The first-order chi connectivity index (χ1) is 5.20. The van der Waals surface area contributed by atoms with Gasteiger partial charge in [0.15, 0.2) is 0 Å². The molecule has 0 saturated carbocycles. The molecule has 2 heteroatoms. The van der Waals surface area contributed by atoms with E-state index >= 15 is 0 Å². The molecule has 0 unspecified atom stereocenters. The summed E-state index contributed by atoms with van der Waals surface area (Å²) in [5, 5.41) is 9.13. The minimum atomic E-state index is -0.245. The molecule has 1 N–H and O–H groups in total. The van der Waals surface area contributed by atoms with Crippen LogP contribution in [-0.4, -0.2) is 11.2 Å². The highest BCUT2D eigenvalue weighted by Gasteiger charge is 2.01. The lowest BCUT2D eigenvalue weighted by Crippen LogP contribution is -2.05. The minimum absolute atomic E-state index is 0.245. The molecule has 0 aliphatic rings. The van der Waals surface area contributed by atoms with Gasteiger partial charge >= 0.3 is 0 Å². The summed E-state index contributed by atoms with van der Waals surface area (Å²) < 4.78 is 1.23. The van der Waals surface area contributed by atoms with E-state index < -0.39 is 0 Å². The molecule has 1 nitrogen and oxygen atoms in total. The summed E-state index contributed by atoms with van der Waals surface area (Å²) in [5.74, 6) is 0. The zero-order valence-electron chi connectivity index (χ0n) is 6.42. The third-order valence-electron chi connectivity index (χ3n) is 1.47. The number of hydrogen-bond acceptors (Lipinski definition) is 1. The van der Waals surface area contributed by atoms with Gasteiger partial charge in [-0.3, -0.25) is 0 Å². The number of aliphatic hydroxyl groups is 1. The topological polar surface area (TPSA) is 20.2 Å². The first-order valence-corrected chi connectivity index (χ1v) is 4.69. The Morgan fingerprint density at radius 3 is 2.64 bits per heavy atom. The van der Waals surface area contributed by atoms with Gasteiger partial charge in [-0.2, -0.15) is 0 Å². The van der Waals surface area contributed by atoms with Gasteiger partial charge < -0.3 is 5.11 Å². The van der Waals surface area contributed by atoms with Gasteiger partial charge in [-0.05, 0) is 47.6 Å². The largest absolute Gasteiger partial charge is 0.393 e. The van der Waals surface area contributed by atoms with Gasteiger partial charge in [-0.1, -0.05) is 18.2 Å². The third-order valence-corrected chi connectivity index (χ3v) is 2.53. The van der Waals surface area contributed by atoms with Gasteiger partial charge in [0.05, 0.1) is 6.10 Å². The molecule has 0 aromatic heterocycles. The molecule has 1 rings (SSSR count). The predicted octanol–water partition coefficient (Wildman–Crippen LogP) is 2.21. The average Bonchev–Trinajstić information content (AvgIpc) is 1.93. The standard InChI is InChI=1S/C9H11IO/c1-7(11)6-8-4-2-3-5-9(8)10/h2-5,7,11H,6H2,1H3/t7-/m0/s1. The fourth-order valence-electron chi connectivity index (χ4n) is 0.982. The van der Waals surface area contributed by atoms with E-state index in [0.29, 0.717) is 0 Å². The molecular formula is C9H11IO. The maximum absolute atomic E-state index is 9.13. The van der Waals surface area contributed by atoms with Crippen LogP contribution >= 0.6 is 22.6 Å². The van der Waals surface area contributed by atoms with Gasteiger partial charge in [-0.25, -0.2) is 0 Å². The average molecular weight is 262 g/mol. The molecule has 0 heterocycles. The summed E-state index contributed by atoms with van der Waals surface area (Å²) in [5.41, 5.74) is 1.23. The molecule has 0 spiro atoms.